The summed E-state index contributed by atoms with van der Waals surface area (Å²) in [7, 11) is -3.95. The third-order valence-corrected chi connectivity index (χ3v) is 6.33. The van der Waals surface area contributed by atoms with Gasteiger partial charge < -0.3 is 10.4 Å². The summed E-state index contributed by atoms with van der Waals surface area (Å²) in [5, 5.41) is 13.4. The van der Waals surface area contributed by atoms with Gasteiger partial charge in [0.25, 0.3) is 5.91 Å². The lowest BCUT2D eigenvalue weighted by molar-refractivity contribution is 0.102. The minimum atomic E-state index is -3.95. The Hall–Kier alpha value is -2.83. The first-order valence-corrected chi connectivity index (χ1v) is 10.3. The van der Waals surface area contributed by atoms with Crippen LogP contribution in [0, 0.1) is 13.8 Å². The first-order valence-electron chi connectivity index (χ1n) is 8.41. The van der Waals surface area contributed by atoms with Gasteiger partial charge in [-0.3, -0.25) is 4.79 Å². The predicted octanol–water partition coefficient (Wildman–Crippen LogP) is 4.75. The van der Waals surface area contributed by atoms with Crippen molar-refractivity contribution in [3.8, 4) is 5.75 Å². The molecule has 144 valence electrons. The van der Waals surface area contributed by atoms with E-state index in [4.69, 9.17) is 11.6 Å². The number of halogens is 1. The lowest BCUT2D eigenvalue weighted by Crippen LogP contribution is -2.13. The molecule has 0 spiro atoms. The maximum atomic E-state index is 12.9. The number of amides is 1. The summed E-state index contributed by atoms with van der Waals surface area (Å²) in [5.41, 5.74) is 2.12. The van der Waals surface area contributed by atoms with Crippen molar-refractivity contribution in [3.63, 3.8) is 0 Å². The molecular formula is C21H18ClNO4S. The van der Waals surface area contributed by atoms with Crippen molar-refractivity contribution in [2.45, 2.75) is 23.6 Å². The third-order valence-electron chi connectivity index (χ3n) is 4.28. The fraction of sp³-hybridized carbons (Fsp3) is 0.0952. The number of hydrogen-bond acceptors (Lipinski definition) is 4. The molecule has 0 bridgehead atoms. The Morgan fingerprint density at radius 3 is 2.18 bits per heavy atom. The maximum Gasteiger partial charge on any atom is 0.255 e. The summed E-state index contributed by atoms with van der Waals surface area (Å²) in [6.45, 7) is 3.52. The average Bonchev–Trinajstić information content (AvgIpc) is 2.64. The van der Waals surface area contributed by atoms with Crippen molar-refractivity contribution < 1.29 is 18.3 Å². The molecule has 2 N–H and O–H groups in total. The molecule has 7 heteroatoms. The fourth-order valence-electron chi connectivity index (χ4n) is 2.66. The van der Waals surface area contributed by atoms with Crippen LogP contribution in [0.3, 0.4) is 0 Å². The van der Waals surface area contributed by atoms with Crippen molar-refractivity contribution in [1.29, 1.82) is 0 Å². The van der Waals surface area contributed by atoms with E-state index >= 15 is 0 Å². The van der Waals surface area contributed by atoms with Crippen LogP contribution < -0.4 is 5.32 Å². The Morgan fingerprint density at radius 2 is 1.57 bits per heavy atom. The van der Waals surface area contributed by atoms with Gasteiger partial charge in [-0.2, -0.15) is 0 Å². The molecule has 0 unspecified atom stereocenters. The monoisotopic (exact) mass is 415 g/mol. The van der Waals surface area contributed by atoms with E-state index in [1.165, 1.54) is 24.3 Å². The van der Waals surface area contributed by atoms with Gasteiger partial charge >= 0.3 is 0 Å². The Morgan fingerprint density at radius 1 is 0.964 bits per heavy atom. The van der Waals surface area contributed by atoms with Crippen LogP contribution >= 0.6 is 11.6 Å². The van der Waals surface area contributed by atoms with E-state index in [0.717, 1.165) is 5.56 Å². The zero-order valence-electron chi connectivity index (χ0n) is 15.2. The molecule has 0 radical (unpaired) electrons. The molecule has 0 saturated carbocycles. The number of hydrogen-bond donors (Lipinski definition) is 2. The largest absolute Gasteiger partial charge is 0.507 e. The lowest BCUT2D eigenvalue weighted by atomic mass is 10.1. The number of carbonyl (C=O) groups excluding carboxylic acids is 1. The van der Waals surface area contributed by atoms with Crippen LogP contribution in [0.25, 0.3) is 0 Å². The molecule has 3 rings (SSSR count). The highest BCUT2D eigenvalue weighted by Crippen LogP contribution is 2.33. The summed E-state index contributed by atoms with van der Waals surface area (Å²) < 4.78 is 25.9. The number of aryl methyl sites for hydroxylation is 2. The van der Waals surface area contributed by atoms with Gasteiger partial charge in [0.2, 0.25) is 9.84 Å². The molecule has 5 nitrogen and oxygen atoms in total. The van der Waals surface area contributed by atoms with E-state index in [2.05, 4.69) is 5.32 Å². The number of anilines is 1. The minimum absolute atomic E-state index is 0.0623. The number of phenolic OH excluding ortho intramolecular Hbond substituents is 1. The fourth-order valence-corrected chi connectivity index (χ4v) is 4.14. The van der Waals surface area contributed by atoms with E-state index in [1.54, 1.807) is 43.3 Å². The summed E-state index contributed by atoms with van der Waals surface area (Å²) in [6, 6.07) is 15.2. The second-order valence-corrected chi connectivity index (χ2v) is 8.77. The van der Waals surface area contributed by atoms with E-state index in [9.17, 15) is 18.3 Å². The van der Waals surface area contributed by atoms with Crippen LogP contribution in [0.1, 0.15) is 21.5 Å². The van der Waals surface area contributed by atoms with Crippen molar-refractivity contribution >= 4 is 33.0 Å². The third kappa shape index (κ3) is 4.03. The molecule has 1 amide bonds. The van der Waals surface area contributed by atoms with Gasteiger partial charge in [0.15, 0.2) is 0 Å². The quantitative estimate of drug-likeness (QED) is 0.602. The van der Waals surface area contributed by atoms with Gasteiger partial charge in [-0.1, -0.05) is 29.3 Å². The highest BCUT2D eigenvalue weighted by atomic mass is 35.5. The number of benzene rings is 3. The van der Waals surface area contributed by atoms with Crippen molar-refractivity contribution in [3.05, 3.63) is 82.4 Å². The van der Waals surface area contributed by atoms with Crippen LogP contribution in [0.4, 0.5) is 5.69 Å². The van der Waals surface area contributed by atoms with Gasteiger partial charge in [-0.25, -0.2) is 8.42 Å². The molecule has 0 heterocycles. The maximum absolute atomic E-state index is 12.9. The number of rotatable bonds is 4. The Balaban J connectivity index is 1.99. The molecule has 3 aromatic rings. The topological polar surface area (TPSA) is 83.5 Å². The minimum Gasteiger partial charge on any atom is -0.507 e. The Kier molecular flexibility index (Phi) is 5.45. The highest BCUT2D eigenvalue weighted by Gasteiger charge is 2.23. The van der Waals surface area contributed by atoms with E-state index < -0.39 is 15.7 Å². The Bertz CT molecular complexity index is 1140. The van der Waals surface area contributed by atoms with Gasteiger partial charge in [-0.15, -0.1) is 0 Å². The van der Waals surface area contributed by atoms with Gasteiger partial charge in [-0.05, 0) is 67.9 Å². The molecule has 0 aliphatic heterocycles. The Labute approximate surface area is 168 Å². The summed E-state index contributed by atoms with van der Waals surface area (Å²) in [6.07, 6.45) is 0. The van der Waals surface area contributed by atoms with Gasteiger partial charge in [0, 0.05) is 16.3 Å². The van der Waals surface area contributed by atoms with E-state index in [1.807, 2.05) is 6.92 Å². The highest BCUT2D eigenvalue weighted by molar-refractivity contribution is 7.91. The number of phenols is 1. The molecule has 3 aromatic carbocycles. The van der Waals surface area contributed by atoms with Gasteiger partial charge in [0.05, 0.1) is 4.90 Å². The average molecular weight is 416 g/mol. The van der Waals surface area contributed by atoms with Gasteiger partial charge in [0.1, 0.15) is 10.6 Å². The van der Waals surface area contributed by atoms with E-state index in [0.29, 0.717) is 21.8 Å². The first-order chi connectivity index (χ1) is 13.2. The molecular weight excluding hydrogens is 398 g/mol. The molecule has 28 heavy (non-hydrogen) atoms. The number of sulfone groups is 1. The molecule has 0 aliphatic rings. The van der Waals surface area contributed by atoms with Crippen molar-refractivity contribution in [1.82, 2.24) is 0 Å². The summed E-state index contributed by atoms with van der Waals surface area (Å²) in [5.74, 6) is -0.785. The SMILES string of the molecule is Cc1ccc(S(=O)(=O)c2cc(NC(=O)c3ccc(Cl)cc3)c(C)cc2O)cc1. The summed E-state index contributed by atoms with van der Waals surface area (Å²) >= 11 is 5.83. The predicted molar refractivity (Wildman–Crippen MR) is 109 cm³/mol. The second kappa shape index (κ2) is 7.66. The van der Waals surface area contributed by atoms with Crippen LogP contribution in [0.15, 0.2) is 70.5 Å². The van der Waals surface area contributed by atoms with Crippen molar-refractivity contribution in [2.24, 2.45) is 0 Å². The number of carbonyl (C=O) groups is 1. The lowest BCUT2D eigenvalue weighted by Gasteiger charge is -2.13. The van der Waals surface area contributed by atoms with Crippen LogP contribution in [0.2, 0.25) is 5.02 Å². The first kappa shape index (κ1) is 19.9. The molecule has 0 aromatic heterocycles. The normalized spacial score (nSPS) is 11.2. The smallest absolute Gasteiger partial charge is 0.255 e. The van der Waals surface area contributed by atoms with Crippen LogP contribution in [0.5, 0.6) is 5.75 Å². The molecule has 0 fully saturated rings. The standard InChI is InChI=1S/C21H18ClNO4S/c1-13-3-9-17(10-4-13)28(26,27)20-12-18(14(2)11-19(20)24)23-21(25)15-5-7-16(22)8-6-15/h3-12,24H,1-2H3,(H,23,25). The zero-order chi connectivity index (χ0) is 20.5. The number of aromatic hydroxyl groups is 1. The van der Waals surface area contributed by atoms with Crippen LogP contribution in [-0.2, 0) is 9.84 Å². The zero-order valence-corrected chi connectivity index (χ0v) is 16.8. The van der Waals surface area contributed by atoms with E-state index in [-0.39, 0.29) is 15.5 Å². The van der Waals surface area contributed by atoms with Crippen LogP contribution in [-0.4, -0.2) is 19.4 Å². The molecule has 0 atom stereocenters. The molecule has 0 saturated heterocycles. The molecule has 0 aliphatic carbocycles. The van der Waals surface area contributed by atoms with Crippen molar-refractivity contribution in [2.75, 3.05) is 5.32 Å². The summed E-state index contributed by atoms with van der Waals surface area (Å²) in [4.78, 5) is 12.3. The second-order valence-electron chi connectivity index (χ2n) is 6.41. The number of nitrogens with one attached hydrogen (secondary N) is 1.